The molecule has 0 bridgehead atoms. The molecule has 1 unspecified atom stereocenters. The largest absolute Gasteiger partial charge is 0.336 e. The number of aromatic amines is 2. The van der Waals surface area contributed by atoms with Crippen molar-refractivity contribution >= 4 is 49.5 Å². The summed E-state index contributed by atoms with van der Waals surface area (Å²) < 4.78 is 45.4. The van der Waals surface area contributed by atoms with Crippen LogP contribution in [0.4, 0.5) is 10.1 Å². The second-order valence-electron chi connectivity index (χ2n) is 9.61. The highest BCUT2D eigenvalue weighted by atomic mass is 127. The summed E-state index contributed by atoms with van der Waals surface area (Å²) in [6.07, 6.45) is 1.78. The Bertz CT molecular complexity index is 1920. The van der Waals surface area contributed by atoms with Gasteiger partial charge in [0.05, 0.1) is 4.90 Å². The summed E-state index contributed by atoms with van der Waals surface area (Å²) in [4.78, 5) is 35.4. The number of aromatic nitrogens is 4. The minimum atomic E-state index is -3.80. The molecular formula is C29H27FIN5O4S. The van der Waals surface area contributed by atoms with E-state index in [1.54, 1.807) is 54.6 Å². The zero-order valence-corrected chi connectivity index (χ0v) is 25.0. The van der Waals surface area contributed by atoms with Crippen molar-refractivity contribution in [3.8, 4) is 0 Å². The molecule has 9 nitrogen and oxygen atoms in total. The van der Waals surface area contributed by atoms with Crippen molar-refractivity contribution in [1.29, 1.82) is 0 Å². The quantitative estimate of drug-likeness (QED) is 0.175. The molecule has 0 amide bonds. The van der Waals surface area contributed by atoms with Gasteiger partial charge in [-0.25, -0.2) is 22.6 Å². The molecule has 212 valence electrons. The summed E-state index contributed by atoms with van der Waals surface area (Å²) >= 11 is 2.11. The van der Waals surface area contributed by atoms with E-state index >= 15 is 0 Å². The van der Waals surface area contributed by atoms with Crippen LogP contribution in [0, 0.1) is 9.39 Å². The maximum absolute atomic E-state index is 14.7. The van der Waals surface area contributed by atoms with Crippen LogP contribution in [-0.2, 0) is 23.0 Å². The standard InChI is InChI=1S/C29H27FIN5O4S/c1-2-3-16-36-27-25(28(37)34-29(36)38)32-26(33-27)23(17-19-6-4-5-7-24(19)30)18-8-12-21(13-9-18)35-41(39,40)22-14-10-20(31)11-15-22/h4-15,23,35H,2-3,16-17H2,1H3,(H,32,33)(H,34,37,38). The number of sulfonamides is 1. The molecule has 2 aromatic heterocycles. The highest BCUT2D eigenvalue weighted by Crippen LogP contribution is 2.30. The molecule has 0 saturated carbocycles. The summed E-state index contributed by atoms with van der Waals surface area (Å²) in [6, 6.07) is 19.6. The molecule has 0 spiro atoms. The molecule has 2 heterocycles. The summed E-state index contributed by atoms with van der Waals surface area (Å²) in [5, 5.41) is 0. The summed E-state index contributed by atoms with van der Waals surface area (Å²) in [6.45, 7) is 2.39. The van der Waals surface area contributed by atoms with Crippen LogP contribution >= 0.6 is 22.6 Å². The van der Waals surface area contributed by atoms with E-state index in [9.17, 15) is 22.4 Å². The lowest BCUT2D eigenvalue weighted by molar-refractivity contribution is 0.597. The van der Waals surface area contributed by atoms with Gasteiger partial charge >= 0.3 is 5.69 Å². The molecule has 12 heteroatoms. The Morgan fingerprint density at radius 2 is 1.71 bits per heavy atom. The monoisotopic (exact) mass is 687 g/mol. The van der Waals surface area contributed by atoms with Gasteiger partial charge in [-0.05, 0) is 89.0 Å². The van der Waals surface area contributed by atoms with E-state index in [1.807, 2.05) is 6.92 Å². The fourth-order valence-electron chi connectivity index (χ4n) is 4.62. The fraction of sp³-hybridized carbons (Fsp3) is 0.207. The van der Waals surface area contributed by atoms with Gasteiger partial charge in [0.25, 0.3) is 15.6 Å². The lowest BCUT2D eigenvalue weighted by atomic mass is 9.91. The zero-order valence-electron chi connectivity index (χ0n) is 22.0. The molecule has 5 rings (SSSR count). The number of hydrogen-bond acceptors (Lipinski definition) is 5. The van der Waals surface area contributed by atoms with Crippen LogP contribution in [0.15, 0.2) is 87.3 Å². The van der Waals surface area contributed by atoms with E-state index in [0.29, 0.717) is 29.2 Å². The van der Waals surface area contributed by atoms with Crippen molar-refractivity contribution in [2.45, 2.75) is 43.5 Å². The van der Waals surface area contributed by atoms with Crippen LogP contribution in [-0.4, -0.2) is 27.9 Å². The van der Waals surface area contributed by atoms with Gasteiger partial charge in [-0.15, -0.1) is 0 Å². The number of fused-ring (bicyclic) bond motifs is 1. The third-order valence-electron chi connectivity index (χ3n) is 6.79. The van der Waals surface area contributed by atoms with Crippen LogP contribution < -0.4 is 16.0 Å². The van der Waals surface area contributed by atoms with Gasteiger partial charge in [-0.3, -0.25) is 19.1 Å². The number of halogens is 2. The van der Waals surface area contributed by atoms with E-state index in [4.69, 9.17) is 0 Å². The Balaban J connectivity index is 1.54. The molecule has 0 fully saturated rings. The van der Waals surface area contributed by atoms with Crippen LogP contribution in [0.25, 0.3) is 11.2 Å². The summed E-state index contributed by atoms with van der Waals surface area (Å²) in [5.74, 6) is -0.527. The molecule has 41 heavy (non-hydrogen) atoms. The number of unbranched alkanes of at least 4 members (excludes halogenated alkanes) is 1. The molecular weight excluding hydrogens is 660 g/mol. The van der Waals surface area contributed by atoms with E-state index in [0.717, 1.165) is 16.4 Å². The van der Waals surface area contributed by atoms with Gasteiger partial charge < -0.3 is 4.98 Å². The molecule has 0 aliphatic carbocycles. The number of anilines is 1. The average molecular weight is 688 g/mol. The SMILES string of the molecule is CCCCn1c(=O)[nH]c(=O)c2[nH]c(C(Cc3ccccc3F)c3ccc(NS(=O)(=O)c4ccc(I)cc4)cc3)nc21. The Morgan fingerprint density at radius 1 is 1.00 bits per heavy atom. The molecule has 0 aliphatic heterocycles. The van der Waals surface area contributed by atoms with Gasteiger partial charge in [-0.2, -0.15) is 0 Å². The molecule has 1 atom stereocenters. The average Bonchev–Trinajstić information content (AvgIpc) is 3.39. The maximum atomic E-state index is 14.7. The number of rotatable bonds is 10. The maximum Gasteiger partial charge on any atom is 0.330 e. The van der Waals surface area contributed by atoms with Crippen molar-refractivity contribution in [2.75, 3.05) is 4.72 Å². The van der Waals surface area contributed by atoms with Gasteiger partial charge in [-0.1, -0.05) is 43.7 Å². The zero-order chi connectivity index (χ0) is 29.1. The molecule has 5 aromatic rings. The third kappa shape index (κ3) is 6.27. The predicted molar refractivity (Wildman–Crippen MR) is 164 cm³/mol. The predicted octanol–water partition coefficient (Wildman–Crippen LogP) is 5.13. The van der Waals surface area contributed by atoms with Gasteiger partial charge in [0.1, 0.15) is 17.2 Å². The Morgan fingerprint density at radius 3 is 2.39 bits per heavy atom. The van der Waals surface area contributed by atoms with E-state index < -0.39 is 27.2 Å². The number of H-pyrrole nitrogens is 2. The number of nitrogens with one attached hydrogen (secondary N) is 3. The van der Waals surface area contributed by atoms with Crippen molar-refractivity contribution in [3.05, 3.63) is 120 Å². The van der Waals surface area contributed by atoms with Crippen LogP contribution in [0.2, 0.25) is 0 Å². The van der Waals surface area contributed by atoms with Crippen molar-refractivity contribution < 1.29 is 12.8 Å². The number of hydrogen-bond donors (Lipinski definition) is 3. The smallest absolute Gasteiger partial charge is 0.330 e. The first kappa shape index (κ1) is 28.7. The number of benzene rings is 3. The third-order valence-corrected chi connectivity index (χ3v) is 8.90. The van der Waals surface area contributed by atoms with Crippen molar-refractivity contribution in [2.24, 2.45) is 0 Å². The lowest BCUT2D eigenvalue weighted by Crippen LogP contribution is -2.30. The minimum Gasteiger partial charge on any atom is -0.336 e. The van der Waals surface area contributed by atoms with E-state index in [1.165, 1.54) is 22.8 Å². The number of imidazole rings is 1. The van der Waals surface area contributed by atoms with Crippen molar-refractivity contribution in [1.82, 2.24) is 19.5 Å². The summed E-state index contributed by atoms with van der Waals surface area (Å²) in [7, 11) is -3.80. The first-order valence-corrected chi connectivity index (χ1v) is 15.6. The molecule has 0 radical (unpaired) electrons. The van der Waals surface area contributed by atoms with Crippen molar-refractivity contribution in [3.63, 3.8) is 0 Å². The lowest BCUT2D eigenvalue weighted by Gasteiger charge is -2.17. The van der Waals surface area contributed by atoms with E-state index in [-0.39, 0.29) is 28.3 Å². The minimum absolute atomic E-state index is 0.140. The molecule has 0 saturated heterocycles. The van der Waals surface area contributed by atoms with Gasteiger partial charge in [0, 0.05) is 21.7 Å². The number of nitrogens with zero attached hydrogens (tertiary/aromatic N) is 2. The Kier molecular flexibility index (Phi) is 8.40. The topological polar surface area (TPSA) is 130 Å². The van der Waals surface area contributed by atoms with Crippen LogP contribution in [0.1, 0.15) is 42.6 Å². The highest BCUT2D eigenvalue weighted by molar-refractivity contribution is 14.1. The molecule has 0 aliphatic rings. The second-order valence-corrected chi connectivity index (χ2v) is 12.5. The Hall–Kier alpha value is -3.78. The highest BCUT2D eigenvalue weighted by Gasteiger charge is 2.23. The van der Waals surface area contributed by atoms with E-state index in [2.05, 4.69) is 42.3 Å². The molecule has 3 aromatic carbocycles. The fourth-order valence-corrected chi connectivity index (χ4v) is 6.03. The second kappa shape index (κ2) is 12.0. The summed E-state index contributed by atoms with van der Waals surface area (Å²) in [5.41, 5.74) is 0.790. The first-order chi connectivity index (χ1) is 19.7. The van der Waals surface area contributed by atoms with Crippen LogP contribution in [0.3, 0.4) is 0 Å². The van der Waals surface area contributed by atoms with Gasteiger partial charge in [0.15, 0.2) is 5.65 Å². The first-order valence-electron chi connectivity index (χ1n) is 13.0. The number of aryl methyl sites for hydroxylation is 1. The van der Waals surface area contributed by atoms with Gasteiger partial charge in [0.2, 0.25) is 0 Å². The Labute approximate surface area is 249 Å². The molecule has 3 N–H and O–H groups in total. The normalized spacial score (nSPS) is 12.5. The van der Waals surface area contributed by atoms with Crippen LogP contribution in [0.5, 0.6) is 0 Å².